The first-order valence-corrected chi connectivity index (χ1v) is 7.94. The molecule has 0 radical (unpaired) electrons. The molecule has 23 heavy (non-hydrogen) atoms. The van der Waals surface area contributed by atoms with Gasteiger partial charge in [0.1, 0.15) is 11.3 Å². The summed E-state index contributed by atoms with van der Waals surface area (Å²) in [7, 11) is 0. The summed E-state index contributed by atoms with van der Waals surface area (Å²) in [6.07, 6.45) is 1.68. The Labute approximate surface area is 133 Å². The molecule has 2 bridgehead atoms. The second-order valence-electron chi connectivity index (χ2n) is 6.09. The molecule has 0 unspecified atom stereocenters. The van der Waals surface area contributed by atoms with Crippen molar-refractivity contribution < 1.29 is 13.9 Å². The molecule has 3 aliphatic heterocycles. The molecule has 3 fully saturated rings. The van der Waals surface area contributed by atoms with Crippen molar-refractivity contribution >= 4 is 17.1 Å². The fraction of sp³-hybridized carbons (Fsp3) is 0.412. The van der Waals surface area contributed by atoms with Crippen LogP contribution in [-0.4, -0.2) is 48.1 Å². The maximum Gasteiger partial charge on any atom is 0.415 e. The van der Waals surface area contributed by atoms with E-state index in [0.29, 0.717) is 17.9 Å². The Kier molecular flexibility index (Phi) is 3.53. The molecule has 3 saturated heterocycles. The van der Waals surface area contributed by atoms with Crippen LogP contribution in [0.4, 0.5) is 4.79 Å². The average Bonchev–Trinajstić information content (AvgIpc) is 2.88. The lowest BCUT2D eigenvalue weighted by atomic mass is 10.1. The van der Waals surface area contributed by atoms with Gasteiger partial charge in [-0.05, 0) is 31.0 Å². The van der Waals surface area contributed by atoms with Crippen molar-refractivity contribution in [3.8, 4) is 5.75 Å². The zero-order valence-corrected chi connectivity index (χ0v) is 12.7. The molecule has 2 aromatic rings. The number of hydrogen-bond donors (Lipinski definition) is 0. The van der Waals surface area contributed by atoms with Crippen molar-refractivity contribution in [2.45, 2.75) is 18.9 Å². The molecule has 0 aliphatic carbocycles. The summed E-state index contributed by atoms with van der Waals surface area (Å²) < 4.78 is 10.6. The smallest absolute Gasteiger partial charge is 0.415 e. The minimum absolute atomic E-state index is 0.264. The molecule has 120 valence electrons. The molecule has 5 rings (SSSR count). The fourth-order valence-electron chi connectivity index (χ4n) is 3.39. The Morgan fingerprint density at radius 3 is 2.70 bits per heavy atom. The molecule has 0 atom stereocenters. The van der Waals surface area contributed by atoms with E-state index < -0.39 is 5.63 Å². The number of hydrogen-bond acceptors (Lipinski definition) is 5. The third kappa shape index (κ3) is 2.82. The van der Waals surface area contributed by atoms with E-state index in [1.54, 1.807) is 24.3 Å². The average molecular weight is 314 g/mol. The van der Waals surface area contributed by atoms with Crippen molar-refractivity contribution in [2.24, 2.45) is 0 Å². The predicted molar refractivity (Wildman–Crippen MR) is 84.7 cm³/mol. The number of amides is 1. The van der Waals surface area contributed by atoms with Crippen LogP contribution in [0.2, 0.25) is 0 Å². The van der Waals surface area contributed by atoms with Crippen molar-refractivity contribution in [1.82, 2.24) is 9.80 Å². The van der Waals surface area contributed by atoms with Crippen LogP contribution in [0.1, 0.15) is 12.8 Å². The van der Waals surface area contributed by atoms with Gasteiger partial charge in [0.05, 0.1) is 0 Å². The third-order valence-corrected chi connectivity index (χ3v) is 4.69. The van der Waals surface area contributed by atoms with Gasteiger partial charge in [-0.1, -0.05) is 0 Å². The molecule has 6 heteroatoms. The maximum atomic E-state index is 12.5. The number of piperidine rings is 1. The lowest BCUT2D eigenvalue weighted by Crippen LogP contribution is -2.43. The summed E-state index contributed by atoms with van der Waals surface area (Å²) in [5, 5.41) is 0.797. The SMILES string of the molecule is O=C(Oc1ccc2ccc(=O)oc2c1)N1CCN2CCC1CC2. The monoisotopic (exact) mass is 314 g/mol. The van der Waals surface area contributed by atoms with Gasteiger partial charge in [-0.15, -0.1) is 0 Å². The number of fused-ring (bicyclic) bond motifs is 5. The van der Waals surface area contributed by atoms with Crippen LogP contribution in [0.25, 0.3) is 11.0 Å². The quantitative estimate of drug-likeness (QED) is 0.754. The Morgan fingerprint density at radius 2 is 1.87 bits per heavy atom. The van der Waals surface area contributed by atoms with Gasteiger partial charge in [0, 0.05) is 49.7 Å². The predicted octanol–water partition coefficient (Wildman–Crippen LogP) is 2.07. The van der Waals surface area contributed by atoms with Gasteiger partial charge in [0.2, 0.25) is 0 Å². The Balaban J connectivity index is 1.55. The van der Waals surface area contributed by atoms with Gasteiger partial charge in [0.15, 0.2) is 0 Å². The fourth-order valence-corrected chi connectivity index (χ4v) is 3.39. The van der Waals surface area contributed by atoms with E-state index in [4.69, 9.17) is 9.15 Å². The standard InChI is InChI=1S/C17H18N2O4/c20-16-4-2-12-1-3-14(11-15(12)23-16)22-17(21)19-10-9-18-7-5-13(19)6-8-18/h1-4,11,13H,5-10H2. The van der Waals surface area contributed by atoms with Gasteiger partial charge < -0.3 is 19.0 Å². The second-order valence-corrected chi connectivity index (χ2v) is 6.09. The van der Waals surface area contributed by atoms with Gasteiger partial charge >= 0.3 is 11.7 Å². The zero-order valence-electron chi connectivity index (χ0n) is 12.7. The van der Waals surface area contributed by atoms with E-state index in [1.807, 2.05) is 4.90 Å². The topological polar surface area (TPSA) is 63.0 Å². The molecule has 3 aliphatic rings. The lowest BCUT2D eigenvalue weighted by molar-refractivity contribution is 0.131. The van der Waals surface area contributed by atoms with E-state index in [1.165, 1.54) is 6.07 Å². The Hall–Kier alpha value is -2.34. The van der Waals surface area contributed by atoms with E-state index in [9.17, 15) is 9.59 Å². The molecule has 1 aromatic heterocycles. The summed E-state index contributed by atoms with van der Waals surface area (Å²) in [5.41, 5.74) is 0.00486. The molecular formula is C17H18N2O4. The summed E-state index contributed by atoms with van der Waals surface area (Å²) >= 11 is 0. The van der Waals surface area contributed by atoms with Crippen molar-refractivity contribution in [3.63, 3.8) is 0 Å². The van der Waals surface area contributed by atoms with Gasteiger partial charge in [-0.25, -0.2) is 9.59 Å². The number of carbonyl (C=O) groups excluding carboxylic acids is 1. The van der Waals surface area contributed by atoms with Crippen LogP contribution < -0.4 is 10.4 Å². The molecule has 0 saturated carbocycles. The van der Waals surface area contributed by atoms with Crippen LogP contribution >= 0.6 is 0 Å². The lowest BCUT2D eigenvalue weighted by Gasteiger charge is -2.30. The number of carbonyl (C=O) groups is 1. The molecular weight excluding hydrogens is 296 g/mol. The van der Waals surface area contributed by atoms with Crippen molar-refractivity contribution in [3.05, 3.63) is 40.8 Å². The zero-order chi connectivity index (χ0) is 15.8. The first kappa shape index (κ1) is 14.3. The minimum Gasteiger partial charge on any atom is -0.423 e. The summed E-state index contributed by atoms with van der Waals surface area (Å²) in [4.78, 5) is 28.0. The number of benzene rings is 1. The Bertz CT molecular complexity index is 793. The molecule has 6 nitrogen and oxygen atoms in total. The van der Waals surface area contributed by atoms with Crippen molar-refractivity contribution in [1.29, 1.82) is 0 Å². The summed E-state index contributed by atoms with van der Waals surface area (Å²) in [6, 6.07) is 8.42. The highest BCUT2D eigenvalue weighted by Gasteiger charge is 2.32. The van der Waals surface area contributed by atoms with Crippen LogP contribution in [0, 0.1) is 0 Å². The van der Waals surface area contributed by atoms with E-state index >= 15 is 0 Å². The second kappa shape index (κ2) is 5.70. The van der Waals surface area contributed by atoms with Gasteiger partial charge in [-0.2, -0.15) is 0 Å². The normalized spacial score (nSPS) is 23.7. The van der Waals surface area contributed by atoms with E-state index in [-0.39, 0.29) is 12.1 Å². The van der Waals surface area contributed by atoms with Crippen LogP contribution in [0.3, 0.4) is 0 Å². The highest BCUT2D eigenvalue weighted by atomic mass is 16.6. The molecule has 1 amide bonds. The van der Waals surface area contributed by atoms with Crippen molar-refractivity contribution in [2.75, 3.05) is 26.2 Å². The highest BCUT2D eigenvalue weighted by Crippen LogP contribution is 2.24. The molecule has 0 spiro atoms. The highest BCUT2D eigenvalue weighted by molar-refractivity contribution is 5.79. The number of nitrogens with zero attached hydrogens (tertiary/aromatic N) is 2. The van der Waals surface area contributed by atoms with E-state index in [0.717, 1.165) is 37.9 Å². The van der Waals surface area contributed by atoms with Crippen LogP contribution in [0.5, 0.6) is 5.75 Å². The molecule has 0 N–H and O–H groups in total. The Morgan fingerprint density at radius 1 is 1.09 bits per heavy atom. The molecule has 4 heterocycles. The molecule has 1 aromatic carbocycles. The number of rotatable bonds is 1. The summed E-state index contributed by atoms with van der Waals surface area (Å²) in [5.74, 6) is 0.399. The first-order valence-electron chi connectivity index (χ1n) is 7.94. The van der Waals surface area contributed by atoms with E-state index in [2.05, 4.69) is 4.90 Å². The largest absolute Gasteiger partial charge is 0.423 e. The maximum absolute atomic E-state index is 12.5. The third-order valence-electron chi connectivity index (χ3n) is 4.69. The minimum atomic E-state index is -0.417. The number of ether oxygens (including phenoxy) is 1. The van der Waals surface area contributed by atoms with Gasteiger partial charge in [-0.3, -0.25) is 0 Å². The first-order chi connectivity index (χ1) is 11.2. The summed E-state index contributed by atoms with van der Waals surface area (Å²) in [6.45, 7) is 3.70. The van der Waals surface area contributed by atoms with Gasteiger partial charge in [0.25, 0.3) is 0 Å². The van der Waals surface area contributed by atoms with Crippen LogP contribution in [-0.2, 0) is 0 Å². The van der Waals surface area contributed by atoms with Crippen LogP contribution in [0.15, 0.2) is 39.5 Å².